The second-order valence-corrected chi connectivity index (χ2v) is 7.73. The molecule has 148 valence electrons. The van der Waals surface area contributed by atoms with E-state index in [1.54, 1.807) is 17.0 Å². The van der Waals surface area contributed by atoms with Crippen molar-refractivity contribution in [2.75, 3.05) is 45.8 Å². The number of fused-ring (bicyclic) bond motifs is 1. The minimum Gasteiger partial charge on any atom is -0.507 e. The topological polar surface area (TPSA) is 64.1 Å². The van der Waals surface area contributed by atoms with Crippen LogP contribution in [0.4, 0.5) is 0 Å². The number of aromatic hydroxyl groups is 1. The average molecular weight is 381 g/mol. The smallest absolute Gasteiger partial charge is 0.257 e. The minimum atomic E-state index is -0.148. The fourth-order valence-corrected chi connectivity index (χ4v) is 4.11. The number of amides is 2. The van der Waals surface area contributed by atoms with Gasteiger partial charge in [-0.1, -0.05) is 24.3 Å². The summed E-state index contributed by atoms with van der Waals surface area (Å²) in [6, 6.07) is 11.1. The van der Waals surface area contributed by atoms with Gasteiger partial charge in [0, 0.05) is 39.3 Å². The predicted molar refractivity (Wildman–Crippen MR) is 108 cm³/mol. The summed E-state index contributed by atoms with van der Waals surface area (Å²) in [5.74, 6) is 0.0725. The molecule has 2 saturated heterocycles. The van der Waals surface area contributed by atoms with Crippen molar-refractivity contribution < 1.29 is 14.7 Å². The first kappa shape index (κ1) is 18.7. The van der Waals surface area contributed by atoms with Gasteiger partial charge in [0.05, 0.1) is 12.1 Å². The molecule has 0 bridgehead atoms. The third kappa shape index (κ3) is 3.97. The molecule has 2 aromatic carbocycles. The van der Waals surface area contributed by atoms with Crippen molar-refractivity contribution in [2.24, 2.45) is 0 Å². The molecule has 2 aromatic rings. The van der Waals surface area contributed by atoms with Crippen LogP contribution in [0.2, 0.25) is 0 Å². The van der Waals surface area contributed by atoms with Gasteiger partial charge in [-0.25, -0.2) is 0 Å². The molecule has 28 heavy (non-hydrogen) atoms. The summed E-state index contributed by atoms with van der Waals surface area (Å²) in [5.41, 5.74) is 0.344. The number of phenolic OH excluding ortho intramolecular Hbond substituents is 1. The predicted octanol–water partition coefficient (Wildman–Crippen LogP) is 2.32. The molecule has 0 unspecified atom stereocenters. The lowest BCUT2D eigenvalue weighted by molar-refractivity contribution is -0.133. The van der Waals surface area contributed by atoms with E-state index in [0.29, 0.717) is 38.3 Å². The maximum atomic E-state index is 12.9. The number of rotatable bonds is 3. The Kier molecular flexibility index (Phi) is 5.48. The van der Waals surface area contributed by atoms with E-state index in [1.165, 1.54) is 6.42 Å². The lowest BCUT2D eigenvalue weighted by Crippen LogP contribution is -2.52. The van der Waals surface area contributed by atoms with Gasteiger partial charge in [0.25, 0.3) is 5.91 Å². The fraction of sp³-hybridized carbons (Fsp3) is 0.455. The Morgan fingerprint density at radius 1 is 0.821 bits per heavy atom. The summed E-state index contributed by atoms with van der Waals surface area (Å²) in [7, 11) is 0. The summed E-state index contributed by atoms with van der Waals surface area (Å²) in [4.78, 5) is 31.2. The van der Waals surface area contributed by atoms with Gasteiger partial charge >= 0.3 is 0 Å². The highest BCUT2D eigenvalue weighted by Crippen LogP contribution is 2.26. The number of hydrogen-bond donors (Lipinski definition) is 1. The van der Waals surface area contributed by atoms with Crippen molar-refractivity contribution in [3.8, 4) is 5.75 Å². The Labute approximate surface area is 165 Å². The van der Waals surface area contributed by atoms with Crippen molar-refractivity contribution in [1.29, 1.82) is 0 Å². The van der Waals surface area contributed by atoms with Crippen LogP contribution in [0.3, 0.4) is 0 Å². The summed E-state index contributed by atoms with van der Waals surface area (Å²) >= 11 is 0. The molecule has 0 saturated carbocycles. The number of hydrogen-bond acceptors (Lipinski definition) is 4. The average Bonchev–Trinajstić information content (AvgIpc) is 2.74. The van der Waals surface area contributed by atoms with Crippen LogP contribution in [0.1, 0.15) is 29.6 Å². The number of nitrogens with zero attached hydrogens (tertiary/aromatic N) is 3. The van der Waals surface area contributed by atoms with Gasteiger partial charge in [0.1, 0.15) is 5.75 Å². The summed E-state index contributed by atoms with van der Waals surface area (Å²) in [6.45, 7) is 4.68. The van der Waals surface area contributed by atoms with Crippen LogP contribution in [-0.2, 0) is 4.79 Å². The van der Waals surface area contributed by atoms with Crippen molar-refractivity contribution >= 4 is 22.6 Å². The zero-order chi connectivity index (χ0) is 19.5. The van der Waals surface area contributed by atoms with Crippen molar-refractivity contribution in [3.05, 3.63) is 42.0 Å². The van der Waals surface area contributed by atoms with E-state index in [2.05, 4.69) is 4.90 Å². The summed E-state index contributed by atoms with van der Waals surface area (Å²) in [5, 5.41) is 12.2. The zero-order valence-corrected chi connectivity index (χ0v) is 16.1. The highest BCUT2D eigenvalue weighted by molar-refractivity contribution is 6.01. The van der Waals surface area contributed by atoms with Crippen LogP contribution >= 0.6 is 0 Å². The third-order valence-electron chi connectivity index (χ3n) is 5.82. The molecule has 2 aliphatic rings. The number of carbonyl (C=O) groups is 2. The number of piperidine rings is 1. The maximum Gasteiger partial charge on any atom is 0.257 e. The van der Waals surface area contributed by atoms with Gasteiger partial charge in [-0.05, 0) is 42.2 Å². The molecule has 2 amide bonds. The van der Waals surface area contributed by atoms with Gasteiger partial charge < -0.3 is 14.9 Å². The largest absolute Gasteiger partial charge is 0.507 e. The molecule has 2 heterocycles. The van der Waals surface area contributed by atoms with Gasteiger partial charge in [0.15, 0.2) is 0 Å². The Bertz CT molecular complexity index is 868. The highest BCUT2D eigenvalue weighted by Gasteiger charge is 2.26. The number of benzene rings is 2. The zero-order valence-electron chi connectivity index (χ0n) is 16.1. The number of piperazine rings is 1. The van der Waals surface area contributed by atoms with Crippen LogP contribution in [0.15, 0.2) is 36.4 Å². The Morgan fingerprint density at radius 2 is 1.46 bits per heavy atom. The van der Waals surface area contributed by atoms with Crippen LogP contribution in [0.25, 0.3) is 10.8 Å². The molecule has 4 rings (SSSR count). The lowest BCUT2D eigenvalue weighted by Gasteiger charge is -2.36. The minimum absolute atomic E-state index is 0.0198. The van der Waals surface area contributed by atoms with Gasteiger partial charge in [-0.2, -0.15) is 0 Å². The molecule has 0 spiro atoms. The van der Waals surface area contributed by atoms with E-state index in [-0.39, 0.29) is 17.6 Å². The summed E-state index contributed by atoms with van der Waals surface area (Å²) < 4.78 is 0. The van der Waals surface area contributed by atoms with Crippen LogP contribution in [0.5, 0.6) is 5.75 Å². The van der Waals surface area contributed by atoms with Gasteiger partial charge in [-0.15, -0.1) is 0 Å². The fourth-order valence-electron chi connectivity index (χ4n) is 4.11. The van der Waals surface area contributed by atoms with E-state index >= 15 is 0 Å². The molecule has 0 aliphatic carbocycles. The molecule has 6 heteroatoms. The Hall–Kier alpha value is -2.60. The molecule has 6 nitrogen and oxygen atoms in total. The van der Waals surface area contributed by atoms with Crippen LogP contribution < -0.4 is 0 Å². The molecule has 2 fully saturated rings. The van der Waals surface area contributed by atoms with Gasteiger partial charge in [0.2, 0.25) is 5.91 Å². The highest BCUT2D eigenvalue weighted by atomic mass is 16.3. The quantitative estimate of drug-likeness (QED) is 0.886. The molecular weight excluding hydrogens is 354 g/mol. The molecule has 0 radical (unpaired) electrons. The number of likely N-dealkylation sites (tertiary alicyclic amines) is 1. The molecular formula is C22H27N3O3. The van der Waals surface area contributed by atoms with E-state index in [0.717, 1.165) is 36.7 Å². The van der Waals surface area contributed by atoms with E-state index in [4.69, 9.17) is 0 Å². The number of carbonyl (C=O) groups excluding carboxylic acids is 2. The Balaban J connectivity index is 1.36. The third-order valence-corrected chi connectivity index (χ3v) is 5.82. The van der Waals surface area contributed by atoms with Crippen LogP contribution in [0, 0.1) is 0 Å². The van der Waals surface area contributed by atoms with Crippen LogP contribution in [-0.4, -0.2) is 77.4 Å². The molecule has 2 aliphatic heterocycles. The first-order valence-electron chi connectivity index (χ1n) is 10.1. The Morgan fingerprint density at radius 3 is 2.14 bits per heavy atom. The SMILES string of the molecule is O=C(CN1CCN(C(=O)c2cc3ccccc3cc2O)CC1)N1CCCCC1. The van der Waals surface area contributed by atoms with E-state index in [1.807, 2.05) is 29.2 Å². The van der Waals surface area contributed by atoms with E-state index < -0.39 is 0 Å². The second-order valence-electron chi connectivity index (χ2n) is 7.73. The first-order valence-corrected chi connectivity index (χ1v) is 10.1. The molecule has 0 aromatic heterocycles. The van der Waals surface area contributed by atoms with Gasteiger partial charge in [-0.3, -0.25) is 14.5 Å². The molecule has 0 atom stereocenters. The normalized spacial score (nSPS) is 18.4. The second kappa shape index (κ2) is 8.19. The maximum absolute atomic E-state index is 12.9. The standard InChI is InChI=1S/C22H27N3O3/c26-20-15-18-7-3-2-6-17(18)14-19(20)22(28)25-12-10-23(11-13-25)16-21(27)24-8-4-1-5-9-24/h2-3,6-7,14-15,26H,1,4-5,8-13,16H2. The lowest BCUT2D eigenvalue weighted by atomic mass is 10.0. The van der Waals surface area contributed by atoms with Crippen molar-refractivity contribution in [3.63, 3.8) is 0 Å². The monoisotopic (exact) mass is 381 g/mol. The first-order chi connectivity index (χ1) is 13.6. The van der Waals surface area contributed by atoms with Crippen molar-refractivity contribution in [1.82, 2.24) is 14.7 Å². The molecule has 1 N–H and O–H groups in total. The number of phenols is 1. The van der Waals surface area contributed by atoms with E-state index in [9.17, 15) is 14.7 Å². The van der Waals surface area contributed by atoms with Crippen molar-refractivity contribution in [2.45, 2.75) is 19.3 Å². The summed E-state index contributed by atoms with van der Waals surface area (Å²) in [6.07, 6.45) is 3.42.